The number of carbonyl (C=O) groups is 4. The number of benzene rings is 3. The molecule has 3 heterocycles. The number of phenols is 1. The lowest BCUT2D eigenvalue weighted by Gasteiger charge is -2.50. The van der Waals surface area contributed by atoms with Gasteiger partial charge in [0.25, 0.3) is 11.8 Å². The summed E-state index contributed by atoms with van der Waals surface area (Å²) in [5, 5.41) is 14.8. The number of allylic oxidation sites excluding steroid dienone is 2. The molecule has 1 aromatic heterocycles. The third kappa shape index (κ3) is 4.78. The van der Waals surface area contributed by atoms with Gasteiger partial charge in [0.15, 0.2) is 0 Å². The smallest absolute Gasteiger partial charge is 0.260 e. The van der Waals surface area contributed by atoms with Gasteiger partial charge in [0.2, 0.25) is 11.8 Å². The van der Waals surface area contributed by atoms with E-state index >= 15 is 4.79 Å². The first-order valence-corrected chi connectivity index (χ1v) is 17.5. The number of nitrogens with one attached hydrogen (secondary N) is 1. The molecule has 6 unspecified atom stereocenters. The van der Waals surface area contributed by atoms with Gasteiger partial charge in [0.05, 0.1) is 42.5 Å². The van der Waals surface area contributed by atoms with Crippen LogP contribution in [0.15, 0.2) is 95.9 Å². The van der Waals surface area contributed by atoms with E-state index in [1.165, 1.54) is 53.7 Å². The second kappa shape index (κ2) is 12.1. The fraction of sp³-hybridized carbons (Fsp3) is 0.263. The minimum absolute atomic E-state index is 0.0922. The number of rotatable bonds is 7. The Hall–Kier alpha value is -5.00. The van der Waals surface area contributed by atoms with Crippen LogP contribution in [0.4, 0.5) is 10.1 Å². The molecule has 2 saturated heterocycles. The molecule has 8 rings (SSSR count). The van der Waals surface area contributed by atoms with Crippen LogP contribution in [0.1, 0.15) is 34.8 Å². The molecule has 50 heavy (non-hydrogen) atoms. The Bertz CT molecular complexity index is 2070. The molecule has 3 aromatic carbocycles. The van der Waals surface area contributed by atoms with Crippen molar-refractivity contribution in [1.29, 1.82) is 0 Å². The van der Waals surface area contributed by atoms with Crippen molar-refractivity contribution in [2.75, 3.05) is 12.5 Å². The van der Waals surface area contributed by atoms with Crippen LogP contribution in [-0.4, -0.2) is 45.8 Å². The molecule has 1 saturated carbocycles. The number of halogens is 2. The maximum atomic E-state index is 15.2. The zero-order valence-electron chi connectivity index (χ0n) is 26.7. The summed E-state index contributed by atoms with van der Waals surface area (Å²) < 4.78 is 19.4. The molecule has 0 spiro atoms. The number of methoxy groups -OCH3 is 1. The van der Waals surface area contributed by atoms with Crippen molar-refractivity contribution in [1.82, 2.24) is 9.91 Å². The van der Waals surface area contributed by atoms with Gasteiger partial charge in [0, 0.05) is 21.4 Å². The van der Waals surface area contributed by atoms with Crippen LogP contribution in [-0.2, 0) is 31.1 Å². The van der Waals surface area contributed by atoms with Crippen molar-refractivity contribution >= 4 is 52.3 Å². The summed E-state index contributed by atoms with van der Waals surface area (Å²) in [4.78, 5) is 60.2. The van der Waals surface area contributed by atoms with Crippen molar-refractivity contribution in [3.63, 3.8) is 0 Å². The van der Waals surface area contributed by atoms with Crippen LogP contribution >= 0.6 is 22.9 Å². The van der Waals surface area contributed by atoms with Crippen molar-refractivity contribution in [2.45, 2.75) is 30.7 Å². The number of fused-ring (bicyclic) bond motifs is 4. The zero-order valence-corrected chi connectivity index (χ0v) is 28.3. The lowest BCUT2D eigenvalue weighted by Crippen LogP contribution is -2.53. The van der Waals surface area contributed by atoms with Crippen LogP contribution in [0.3, 0.4) is 0 Å². The van der Waals surface area contributed by atoms with Gasteiger partial charge in [-0.3, -0.25) is 29.5 Å². The molecule has 2 aliphatic carbocycles. The SMILES string of the molecule is COc1ccc(O)c(C2C3=CCC4C(=O)N(Cc5cccs5)C(=O)C4C3CC3C(=O)N(Nc4ccc(F)cc4)C(=O)C32c2ccc(Cl)cc2)c1. The van der Waals surface area contributed by atoms with E-state index in [4.69, 9.17) is 16.3 Å². The number of ether oxygens (including phenoxy) is 1. The summed E-state index contributed by atoms with van der Waals surface area (Å²) in [6.07, 6.45) is 2.27. The Kier molecular flexibility index (Phi) is 7.80. The van der Waals surface area contributed by atoms with Crippen molar-refractivity contribution < 1.29 is 33.4 Å². The predicted molar refractivity (Wildman–Crippen MR) is 184 cm³/mol. The van der Waals surface area contributed by atoms with Crippen LogP contribution in [0.5, 0.6) is 11.5 Å². The van der Waals surface area contributed by atoms with Crippen LogP contribution in [0, 0.1) is 29.5 Å². The average molecular weight is 712 g/mol. The first kappa shape index (κ1) is 32.2. The lowest BCUT2D eigenvalue weighted by atomic mass is 9.49. The minimum Gasteiger partial charge on any atom is -0.508 e. The number of carbonyl (C=O) groups excluding carboxylic acids is 4. The number of hydrogen-bond acceptors (Lipinski definition) is 8. The first-order chi connectivity index (χ1) is 24.1. The summed E-state index contributed by atoms with van der Waals surface area (Å²) in [7, 11) is 1.49. The Morgan fingerprint density at radius 1 is 0.980 bits per heavy atom. The number of likely N-dealkylation sites (tertiary alicyclic amines) is 1. The summed E-state index contributed by atoms with van der Waals surface area (Å²) in [6.45, 7) is 0.162. The number of imide groups is 2. The maximum absolute atomic E-state index is 15.2. The first-order valence-electron chi connectivity index (χ1n) is 16.2. The van der Waals surface area contributed by atoms with E-state index < -0.39 is 52.6 Å². The van der Waals surface area contributed by atoms with Gasteiger partial charge in [-0.25, -0.2) is 4.39 Å². The van der Waals surface area contributed by atoms with E-state index in [0.717, 1.165) is 9.89 Å². The highest BCUT2D eigenvalue weighted by Gasteiger charge is 2.70. The van der Waals surface area contributed by atoms with Crippen LogP contribution in [0.2, 0.25) is 5.02 Å². The van der Waals surface area contributed by atoms with Gasteiger partial charge >= 0.3 is 0 Å². The maximum Gasteiger partial charge on any atom is 0.260 e. The largest absolute Gasteiger partial charge is 0.508 e. The Labute approximate surface area is 295 Å². The molecule has 4 aromatic rings. The number of aromatic hydroxyl groups is 1. The third-order valence-electron chi connectivity index (χ3n) is 10.8. The molecule has 0 bridgehead atoms. The topological polar surface area (TPSA) is 116 Å². The van der Waals surface area contributed by atoms with Crippen LogP contribution in [0.25, 0.3) is 0 Å². The summed E-state index contributed by atoms with van der Waals surface area (Å²) in [5.74, 6) is -5.84. The van der Waals surface area contributed by atoms with E-state index in [1.807, 2.05) is 23.6 Å². The Morgan fingerprint density at radius 3 is 2.44 bits per heavy atom. The van der Waals surface area contributed by atoms with Crippen LogP contribution < -0.4 is 10.2 Å². The molecule has 12 heteroatoms. The number of anilines is 1. The molecule has 3 fully saturated rings. The fourth-order valence-corrected chi connectivity index (χ4v) is 9.49. The normalized spacial score (nSPS) is 27.2. The van der Waals surface area contributed by atoms with E-state index in [9.17, 15) is 23.9 Å². The van der Waals surface area contributed by atoms with E-state index in [1.54, 1.807) is 36.4 Å². The average Bonchev–Trinajstić information content (AvgIpc) is 3.78. The Balaban J connectivity index is 1.33. The number of nitrogens with zero attached hydrogens (tertiary/aromatic N) is 2. The summed E-state index contributed by atoms with van der Waals surface area (Å²) in [6, 6.07) is 20.5. The van der Waals surface area contributed by atoms with E-state index in [2.05, 4.69) is 5.43 Å². The van der Waals surface area contributed by atoms with Gasteiger partial charge in [-0.1, -0.05) is 41.4 Å². The van der Waals surface area contributed by atoms with Gasteiger partial charge < -0.3 is 9.84 Å². The zero-order chi connectivity index (χ0) is 34.9. The third-order valence-corrected chi connectivity index (χ3v) is 11.9. The molecule has 4 aliphatic rings. The van der Waals surface area contributed by atoms with Crippen molar-refractivity contribution in [3.05, 3.63) is 123 Å². The minimum atomic E-state index is -1.62. The van der Waals surface area contributed by atoms with Gasteiger partial charge in [-0.15, -0.1) is 11.3 Å². The number of amides is 4. The van der Waals surface area contributed by atoms with E-state index in [-0.39, 0.29) is 37.0 Å². The van der Waals surface area contributed by atoms with Gasteiger partial charge in [-0.2, -0.15) is 5.01 Å². The Morgan fingerprint density at radius 2 is 1.74 bits per heavy atom. The number of phenolic OH excluding ortho intramolecular Hbond substituents is 1. The standard InChI is InChI=1S/C38H31ClFN3O6S/c1-49-24-12-15-31(44)29(17-24)33-26-13-14-27-32(36(47)42(34(27)45)19-25-3-2-16-50-25)28(26)18-30-35(46)43(41-23-10-8-22(40)9-11-23)37(48)38(30,33)20-4-6-21(39)7-5-20/h2-13,15-17,27-28,30,32-33,41,44H,14,18-19H2,1H3. The highest BCUT2D eigenvalue weighted by molar-refractivity contribution is 7.09. The number of hydrazine groups is 1. The molecule has 0 radical (unpaired) electrons. The fourth-order valence-electron chi connectivity index (χ4n) is 8.67. The van der Waals surface area contributed by atoms with Gasteiger partial charge in [-0.05, 0) is 90.4 Å². The monoisotopic (exact) mass is 711 g/mol. The second-order valence-corrected chi connectivity index (χ2v) is 14.6. The van der Waals surface area contributed by atoms with Gasteiger partial charge in [0.1, 0.15) is 17.3 Å². The molecule has 9 nitrogen and oxygen atoms in total. The van der Waals surface area contributed by atoms with Crippen molar-refractivity contribution in [3.8, 4) is 11.5 Å². The lowest BCUT2D eigenvalue weighted by molar-refractivity contribution is -0.141. The molecular weight excluding hydrogens is 681 g/mol. The number of hydrogen-bond donors (Lipinski definition) is 2. The highest BCUT2D eigenvalue weighted by Crippen LogP contribution is 2.65. The molecule has 2 N–H and O–H groups in total. The molecule has 4 amide bonds. The quantitative estimate of drug-likeness (QED) is 0.168. The summed E-state index contributed by atoms with van der Waals surface area (Å²) in [5.41, 5.74) is 3.16. The van der Waals surface area contributed by atoms with Crippen molar-refractivity contribution in [2.24, 2.45) is 23.7 Å². The molecule has 254 valence electrons. The van der Waals surface area contributed by atoms with E-state index in [0.29, 0.717) is 33.2 Å². The highest BCUT2D eigenvalue weighted by atomic mass is 35.5. The summed E-state index contributed by atoms with van der Waals surface area (Å²) >= 11 is 7.80. The molecule has 6 atom stereocenters. The molecule has 2 aliphatic heterocycles. The molecular formula is C38H31ClFN3O6S. The predicted octanol–water partition coefficient (Wildman–Crippen LogP) is 6.44. The number of thiophene rings is 1. The second-order valence-electron chi connectivity index (χ2n) is 13.1.